The molecule has 0 unspecified atom stereocenters. The summed E-state index contributed by atoms with van der Waals surface area (Å²) < 4.78 is 5.53. The maximum Gasteiger partial charge on any atom is 0.222 e. The largest absolute Gasteiger partial charge is 0.393 e. The molecule has 0 spiro atoms. The molecular weight excluding hydrogens is 410 g/mol. The van der Waals surface area contributed by atoms with Crippen LogP contribution in [0.3, 0.4) is 0 Å². The molecule has 8 atom stereocenters. The molecule has 1 N–H and O–H groups in total. The van der Waals surface area contributed by atoms with E-state index in [4.69, 9.17) is 4.74 Å². The summed E-state index contributed by atoms with van der Waals surface area (Å²) in [5.74, 6) is 4.19. The van der Waals surface area contributed by atoms with Gasteiger partial charge in [-0.3, -0.25) is 4.79 Å². The molecule has 0 aromatic rings. The number of carbonyl (C=O) groups is 1. The molecule has 1 heterocycles. The van der Waals surface area contributed by atoms with Crippen LogP contribution in [0.1, 0.15) is 91.4 Å². The van der Waals surface area contributed by atoms with Crippen molar-refractivity contribution in [1.29, 1.82) is 0 Å². The van der Waals surface area contributed by atoms with Crippen LogP contribution < -0.4 is 0 Å². The first-order valence-electron chi connectivity index (χ1n) is 14.1. The van der Waals surface area contributed by atoms with Crippen molar-refractivity contribution in [2.45, 2.75) is 97.5 Å². The van der Waals surface area contributed by atoms with Crippen molar-refractivity contribution >= 4 is 5.91 Å². The van der Waals surface area contributed by atoms with Gasteiger partial charge in [-0.25, -0.2) is 0 Å². The Morgan fingerprint density at radius 2 is 2.00 bits per heavy atom. The van der Waals surface area contributed by atoms with E-state index in [1.807, 2.05) is 4.90 Å². The standard InChI is InChI=1S/C29H47NO3/c1-20(5-10-27(32)30-15-4-17-33-18-16-30)24-8-9-25-23-7-6-21-19-22(31)11-13-28(21,2)26(23)12-14-29(24,25)3/h6,20,22-26,31H,4-5,7-19H2,1-3H3/t20-,22+,23+,24-,25+,26+,28+,29-/m1/s1. The summed E-state index contributed by atoms with van der Waals surface area (Å²) in [6, 6.07) is 0. The molecule has 0 aromatic heterocycles. The van der Waals surface area contributed by atoms with Gasteiger partial charge in [-0.15, -0.1) is 0 Å². The van der Waals surface area contributed by atoms with Crippen LogP contribution in [0.2, 0.25) is 0 Å². The lowest BCUT2D eigenvalue weighted by Crippen LogP contribution is -2.50. The lowest BCUT2D eigenvalue weighted by molar-refractivity contribution is -0.131. The van der Waals surface area contributed by atoms with E-state index in [0.29, 0.717) is 35.7 Å². The molecule has 186 valence electrons. The van der Waals surface area contributed by atoms with Crippen LogP contribution in [-0.2, 0) is 9.53 Å². The van der Waals surface area contributed by atoms with E-state index in [2.05, 4.69) is 26.8 Å². The van der Waals surface area contributed by atoms with Crippen LogP contribution in [0.25, 0.3) is 0 Å². The summed E-state index contributed by atoms with van der Waals surface area (Å²) in [5.41, 5.74) is 2.35. The summed E-state index contributed by atoms with van der Waals surface area (Å²) in [7, 11) is 0. The molecule has 3 saturated carbocycles. The van der Waals surface area contributed by atoms with Gasteiger partial charge in [-0.05, 0) is 105 Å². The molecule has 0 bridgehead atoms. The molecule has 4 aliphatic carbocycles. The summed E-state index contributed by atoms with van der Waals surface area (Å²) >= 11 is 0. The molecule has 5 aliphatic rings. The van der Waals surface area contributed by atoms with Gasteiger partial charge in [-0.1, -0.05) is 32.4 Å². The Labute approximate surface area is 201 Å². The van der Waals surface area contributed by atoms with Gasteiger partial charge < -0.3 is 14.7 Å². The Morgan fingerprint density at radius 1 is 1.15 bits per heavy atom. The zero-order valence-corrected chi connectivity index (χ0v) is 21.4. The number of amides is 1. The second-order valence-corrected chi connectivity index (χ2v) is 12.7. The van der Waals surface area contributed by atoms with Gasteiger partial charge in [-0.2, -0.15) is 0 Å². The Morgan fingerprint density at radius 3 is 2.85 bits per heavy atom. The molecule has 1 aliphatic heterocycles. The van der Waals surface area contributed by atoms with Crippen molar-refractivity contribution in [3.05, 3.63) is 11.6 Å². The first kappa shape index (κ1) is 23.9. The maximum atomic E-state index is 12.9. The number of aliphatic hydroxyl groups excluding tert-OH is 1. The van der Waals surface area contributed by atoms with E-state index in [0.717, 1.165) is 69.1 Å². The van der Waals surface area contributed by atoms with Crippen LogP contribution in [0.4, 0.5) is 0 Å². The van der Waals surface area contributed by atoms with E-state index < -0.39 is 0 Å². The van der Waals surface area contributed by atoms with Crippen molar-refractivity contribution in [2.24, 2.45) is 40.4 Å². The normalized spacial score (nSPS) is 44.2. The molecule has 4 heteroatoms. The van der Waals surface area contributed by atoms with Crippen molar-refractivity contribution in [1.82, 2.24) is 4.90 Å². The number of aliphatic hydroxyl groups is 1. The minimum Gasteiger partial charge on any atom is -0.393 e. The number of carbonyl (C=O) groups excluding carboxylic acids is 1. The number of ether oxygens (including phenoxy) is 1. The first-order valence-corrected chi connectivity index (χ1v) is 14.1. The van der Waals surface area contributed by atoms with Crippen LogP contribution in [-0.4, -0.2) is 48.3 Å². The molecular formula is C29H47NO3. The summed E-state index contributed by atoms with van der Waals surface area (Å²) in [4.78, 5) is 14.9. The van der Waals surface area contributed by atoms with Crippen LogP contribution in [0.15, 0.2) is 11.6 Å². The summed E-state index contributed by atoms with van der Waals surface area (Å²) in [5, 5.41) is 10.3. The minimum atomic E-state index is -0.115. The van der Waals surface area contributed by atoms with Gasteiger partial charge in [0.2, 0.25) is 5.91 Å². The van der Waals surface area contributed by atoms with E-state index in [1.165, 1.54) is 38.5 Å². The fourth-order valence-corrected chi connectivity index (χ4v) is 9.32. The third-order valence-corrected chi connectivity index (χ3v) is 11.2. The Kier molecular flexibility index (Phi) is 6.72. The van der Waals surface area contributed by atoms with Crippen molar-refractivity contribution in [3.63, 3.8) is 0 Å². The first-order chi connectivity index (χ1) is 15.8. The van der Waals surface area contributed by atoms with Gasteiger partial charge in [0.15, 0.2) is 0 Å². The number of nitrogens with zero attached hydrogens (tertiary/aromatic N) is 1. The second-order valence-electron chi connectivity index (χ2n) is 12.7. The maximum absolute atomic E-state index is 12.9. The lowest BCUT2D eigenvalue weighted by Gasteiger charge is -2.58. The van der Waals surface area contributed by atoms with E-state index in [9.17, 15) is 9.90 Å². The number of rotatable bonds is 4. The molecule has 1 saturated heterocycles. The van der Waals surface area contributed by atoms with Crippen molar-refractivity contribution in [2.75, 3.05) is 26.3 Å². The smallest absolute Gasteiger partial charge is 0.222 e. The zero-order chi connectivity index (χ0) is 23.2. The van der Waals surface area contributed by atoms with Gasteiger partial charge in [0.25, 0.3) is 0 Å². The van der Waals surface area contributed by atoms with E-state index in [-0.39, 0.29) is 6.10 Å². The Bertz CT molecular complexity index is 756. The minimum absolute atomic E-state index is 0.115. The van der Waals surface area contributed by atoms with Gasteiger partial charge in [0.05, 0.1) is 12.7 Å². The van der Waals surface area contributed by atoms with Crippen molar-refractivity contribution < 1.29 is 14.6 Å². The highest BCUT2D eigenvalue weighted by Gasteiger charge is 2.59. The fraction of sp³-hybridized carbons (Fsp3) is 0.897. The topological polar surface area (TPSA) is 49.8 Å². The molecule has 0 aromatic carbocycles. The quantitative estimate of drug-likeness (QED) is 0.560. The highest BCUT2D eigenvalue weighted by molar-refractivity contribution is 5.76. The molecule has 4 fully saturated rings. The SMILES string of the molecule is C[C@H](CCC(=O)N1CCCOCC1)[C@H]1CC[C@H]2[C@@H]3CC=C4C[C@@H](O)CC[C@]4(C)[C@H]3CC[C@]12C. The van der Waals surface area contributed by atoms with E-state index >= 15 is 0 Å². The third kappa shape index (κ3) is 4.22. The average Bonchev–Trinajstić information content (AvgIpc) is 2.96. The number of fused-ring (bicyclic) bond motifs is 5. The van der Waals surface area contributed by atoms with Crippen molar-refractivity contribution in [3.8, 4) is 0 Å². The van der Waals surface area contributed by atoms with Gasteiger partial charge in [0, 0.05) is 26.1 Å². The fourth-order valence-electron chi connectivity index (χ4n) is 9.32. The monoisotopic (exact) mass is 457 g/mol. The van der Waals surface area contributed by atoms with Gasteiger partial charge in [0.1, 0.15) is 0 Å². The average molecular weight is 458 g/mol. The number of hydrogen-bond donors (Lipinski definition) is 1. The molecule has 4 nitrogen and oxygen atoms in total. The van der Waals surface area contributed by atoms with Crippen LogP contribution in [0.5, 0.6) is 0 Å². The molecule has 0 radical (unpaired) electrons. The van der Waals surface area contributed by atoms with Crippen LogP contribution in [0, 0.1) is 40.4 Å². The second kappa shape index (κ2) is 9.30. The Hall–Kier alpha value is -0.870. The predicted octanol–water partition coefficient (Wildman–Crippen LogP) is 5.59. The summed E-state index contributed by atoms with van der Waals surface area (Å²) in [6.07, 6.45) is 14.9. The number of allylic oxidation sites excluding steroid dienone is 1. The highest BCUT2D eigenvalue weighted by Crippen LogP contribution is 2.67. The predicted molar refractivity (Wildman–Crippen MR) is 132 cm³/mol. The molecule has 5 rings (SSSR count). The zero-order valence-electron chi connectivity index (χ0n) is 21.4. The third-order valence-electron chi connectivity index (χ3n) is 11.2. The molecule has 33 heavy (non-hydrogen) atoms. The lowest BCUT2D eigenvalue weighted by atomic mass is 9.47. The van der Waals surface area contributed by atoms with Gasteiger partial charge >= 0.3 is 0 Å². The molecule has 1 amide bonds. The number of hydrogen-bond acceptors (Lipinski definition) is 3. The van der Waals surface area contributed by atoms with Crippen LogP contribution >= 0.6 is 0 Å². The summed E-state index contributed by atoms with van der Waals surface area (Å²) in [6.45, 7) is 10.7. The highest BCUT2D eigenvalue weighted by atomic mass is 16.5. The Balaban J connectivity index is 1.24. The van der Waals surface area contributed by atoms with E-state index in [1.54, 1.807) is 5.57 Å².